The van der Waals surface area contributed by atoms with Gasteiger partial charge in [-0.1, -0.05) is 89.8 Å². The number of esters is 1. The maximum atomic E-state index is 12.6. The summed E-state index contributed by atoms with van der Waals surface area (Å²) >= 11 is 0. The molecule has 0 N–H and O–H groups in total. The molecule has 1 unspecified atom stereocenters. The fraction of sp³-hybridized carbons (Fsp3) is 0.750. The zero-order chi connectivity index (χ0) is 22.3. The number of ether oxygens (including phenoxy) is 2. The fourth-order valence-electron chi connectivity index (χ4n) is 4.60. The van der Waals surface area contributed by atoms with Crippen LogP contribution in [0.4, 0.5) is 0 Å². The highest BCUT2D eigenvalue weighted by Crippen LogP contribution is 2.39. The summed E-state index contributed by atoms with van der Waals surface area (Å²) in [7, 11) is 0. The van der Waals surface area contributed by atoms with Gasteiger partial charge in [0.2, 0.25) is 0 Å². The zero-order valence-electron chi connectivity index (χ0n) is 20.4. The average Bonchev–Trinajstić information content (AvgIpc) is 2.79. The van der Waals surface area contributed by atoms with Gasteiger partial charge in [0.15, 0.2) is 0 Å². The molecular weight excluding hydrogens is 384 g/mol. The van der Waals surface area contributed by atoms with Gasteiger partial charge in [0, 0.05) is 17.9 Å². The van der Waals surface area contributed by atoms with Crippen molar-refractivity contribution in [3.8, 4) is 5.75 Å². The van der Waals surface area contributed by atoms with E-state index in [4.69, 9.17) is 9.47 Å². The molecule has 0 saturated heterocycles. The third-order valence-corrected chi connectivity index (χ3v) is 6.69. The Morgan fingerprint density at radius 3 is 2.29 bits per heavy atom. The molecule has 1 aromatic rings. The van der Waals surface area contributed by atoms with Gasteiger partial charge in [-0.2, -0.15) is 0 Å². The molecule has 3 atom stereocenters. The quantitative estimate of drug-likeness (QED) is 0.207. The van der Waals surface area contributed by atoms with Gasteiger partial charge < -0.3 is 9.47 Å². The maximum Gasteiger partial charge on any atom is 0.306 e. The predicted octanol–water partition coefficient (Wildman–Crippen LogP) is 8.35. The largest absolute Gasteiger partial charge is 0.490 e. The molecule has 0 aromatic heterocycles. The van der Waals surface area contributed by atoms with Crippen molar-refractivity contribution in [2.75, 3.05) is 0 Å². The summed E-state index contributed by atoms with van der Waals surface area (Å²) in [6.07, 6.45) is 17.5. The van der Waals surface area contributed by atoms with Crippen LogP contribution in [0.25, 0.3) is 0 Å². The Bertz CT molecular complexity index is 612. The van der Waals surface area contributed by atoms with Crippen molar-refractivity contribution in [3.05, 3.63) is 29.8 Å². The fourth-order valence-corrected chi connectivity index (χ4v) is 4.60. The van der Waals surface area contributed by atoms with Crippen LogP contribution in [0.2, 0.25) is 0 Å². The minimum Gasteiger partial charge on any atom is -0.490 e. The number of unbranched alkanes of at least 4 members (excludes halogenated alkanes) is 8. The van der Waals surface area contributed by atoms with Crippen molar-refractivity contribution in [1.82, 2.24) is 0 Å². The van der Waals surface area contributed by atoms with Crippen LogP contribution in [0.3, 0.4) is 0 Å². The Labute approximate surface area is 191 Å². The normalized spacial score (nSPS) is 19.7. The third kappa shape index (κ3) is 9.66. The Balaban J connectivity index is 1.78. The first-order valence-corrected chi connectivity index (χ1v) is 13.1. The highest BCUT2D eigenvalue weighted by molar-refractivity contribution is 5.69. The van der Waals surface area contributed by atoms with E-state index in [1.807, 2.05) is 6.07 Å². The van der Waals surface area contributed by atoms with Gasteiger partial charge >= 0.3 is 5.97 Å². The molecule has 0 spiro atoms. The predicted molar refractivity (Wildman–Crippen MR) is 130 cm³/mol. The summed E-state index contributed by atoms with van der Waals surface area (Å²) in [5.41, 5.74) is 1.21. The van der Waals surface area contributed by atoms with E-state index in [-0.39, 0.29) is 24.1 Å². The number of hydrogen-bond acceptors (Lipinski definition) is 3. The molecule has 31 heavy (non-hydrogen) atoms. The summed E-state index contributed by atoms with van der Waals surface area (Å²) in [5, 5.41) is 0. The molecule has 1 fully saturated rings. The van der Waals surface area contributed by atoms with Crippen LogP contribution >= 0.6 is 0 Å². The van der Waals surface area contributed by atoms with Gasteiger partial charge in [0.25, 0.3) is 0 Å². The van der Waals surface area contributed by atoms with E-state index in [1.165, 1.54) is 56.9 Å². The second-order valence-electron chi connectivity index (χ2n) is 9.37. The molecule has 1 aliphatic rings. The molecular formula is C28H46O3. The van der Waals surface area contributed by atoms with E-state index < -0.39 is 0 Å². The smallest absolute Gasteiger partial charge is 0.306 e. The number of para-hydroxylation sites is 1. The second-order valence-corrected chi connectivity index (χ2v) is 9.37. The third-order valence-electron chi connectivity index (χ3n) is 6.69. The minimum absolute atomic E-state index is 0.0125. The van der Waals surface area contributed by atoms with Crippen LogP contribution in [0.5, 0.6) is 5.75 Å². The van der Waals surface area contributed by atoms with Crippen molar-refractivity contribution < 1.29 is 14.3 Å². The monoisotopic (exact) mass is 430 g/mol. The Hall–Kier alpha value is -1.51. The van der Waals surface area contributed by atoms with Crippen LogP contribution in [0, 0.1) is 0 Å². The lowest BCUT2D eigenvalue weighted by molar-refractivity contribution is -0.151. The Morgan fingerprint density at radius 2 is 1.58 bits per heavy atom. The van der Waals surface area contributed by atoms with Crippen LogP contribution < -0.4 is 4.74 Å². The van der Waals surface area contributed by atoms with E-state index in [1.54, 1.807) is 0 Å². The van der Waals surface area contributed by atoms with E-state index in [9.17, 15) is 4.79 Å². The Morgan fingerprint density at radius 1 is 0.935 bits per heavy atom. The first-order chi connectivity index (χ1) is 15.2. The maximum absolute atomic E-state index is 12.6. The van der Waals surface area contributed by atoms with Gasteiger partial charge in [-0.05, 0) is 45.1 Å². The SMILES string of the molecule is CCCCCCCCCCCC(=O)O[C@H]1CCCC[C@@H]1c1ccccc1OC(C)CC. The molecule has 176 valence electrons. The minimum atomic E-state index is -0.0137. The van der Waals surface area contributed by atoms with E-state index >= 15 is 0 Å². The molecule has 1 aromatic carbocycles. The topological polar surface area (TPSA) is 35.5 Å². The summed E-state index contributed by atoms with van der Waals surface area (Å²) in [4.78, 5) is 12.6. The molecule has 3 heteroatoms. The number of hydrogen-bond donors (Lipinski definition) is 0. The lowest BCUT2D eigenvalue weighted by Gasteiger charge is -2.33. The molecule has 1 saturated carbocycles. The van der Waals surface area contributed by atoms with Gasteiger partial charge in [0.1, 0.15) is 11.9 Å². The van der Waals surface area contributed by atoms with Crippen molar-refractivity contribution >= 4 is 5.97 Å². The molecule has 0 aliphatic heterocycles. The lowest BCUT2D eigenvalue weighted by atomic mass is 9.81. The van der Waals surface area contributed by atoms with E-state index in [2.05, 4.69) is 39.0 Å². The summed E-state index contributed by atoms with van der Waals surface area (Å²) < 4.78 is 12.2. The molecule has 0 amide bonds. The van der Waals surface area contributed by atoms with Crippen molar-refractivity contribution in [3.63, 3.8) is 0 Å². The first-order valence-electron chi connectivity index (χ1n) is 13.1. The number of carbonyl (C=O) groups is 1. The van der Waals surface area contributed by atoms with Gasteiger partial charge in [-0.25, -0.2) is 0 Å². The molecule has 0 bridgehead atoms. The molecule has 1 aliphatic carbocycles. The van der Waals surface area contributed by atoms with Gasteiger partial charge in [0.05, 0.1) is 6.10 Å². The zero-order valence-corrected chi connectivity index (χ0v) is 20.4. The molecule has 3 nitrogen and oxygen atoms in total. The van der Waals surface area contributed by atoms with Crippen LogP contribution in [0.1, 0.15) is 129 Å². The summed E-state index contributed by atoms with van der Waals surface area (Å²) in [6, 6.07) is 8.34. The first kappa shape index (κ1) is 25.7. The average molecular weight is 431 g/mol. The van der Waals surface area contributed by atoms with Crippen LogP contribution in [-0.2, 0) is 9.53 Å². The number of benzene rings is 1. The number of carbonyl (C=O) groups excluding carboxylic acids is 1. The van der Waals surface area contributed by atoms with Gasteiger partial charge in [-0.3, -0.25) is 4.79 Å². The highest BCUT2D eigenvalue weighted by atomic mass is 16.5. The van der Waals surface area contributed by atoms with Gasteiger partial charge in [-0.15, -0.1) is 0 Å². The number of rotatable bonds is 15. The van der Waals surface area contributed by atoms with Crippen LogP contribution in [0.15, 0.2) is 24.3 Å². The summed E-state index contributed by atoms with van der Waals surface area (Å²) in [6.45, 7) is 6.51. The highest BCUT2D eigenvalue weighted by Gasteiger charge is 2.31. The second kappa shape index (κ2) is 15.3. The Kier molecular flexibility index (Phi) is 12.7. The van der Waals surface area contributed by atoms with Crippen molar-refractivity contribution in [2.45, 2.75) is 135 Å². The molecule has 2 rings (SSSR count). The molecule has 0 radical (unpaired) electrons. The van der Waals surface area contributed by atoms with E-state index in [0.717, 1.165) is 44.3 Å². The van der Waals surface area contributed by atoms with Crippen LogP contribution in [-0.4, -0.2) is 18.2 Å². The van der Waals surface area contributed by atoms with E-state index in [0.29, 0.717) is 6.42 Å². The lowest BCUT2D eigenvalue weighted by Crippen LogP contribution is -2.29. The van der Waals surface area contributed by atoms with Crippen molar-refractivity contribution in [1.29, 1.82) is 0 Å². The summed E-state index contributed by atoms with van der Waals surface area (Å²) in [5.74, 6) is 1.20. The van der Waals surface area contributed by atoms with Crippen molar-refractivity contribution in [2.24, 2.45) is 0 Å². The molecule has 0 heterocycles. The standard InChI is InChI=1S/C28H46O3/c1-4-6-7-8-9-10-11-12-13-22-28(29)31-27-21-17-15-19-25(27)24-18-14-16-20-26(24)30-23(3)5-2/h14,16,18,20,23,25,27H,4-13,15,17,19,21-22H2,1-3H3/t23?,25-,27+/m1/s1.